The fraction of sp³-hybridized carbons (Fsp3) is 0.235. The molecule has 0 spiro atoms. The average Bonchev–Trinajstić information content (AvgIpc) is 2.88. The van der Waals surface area contributed by atoms with E-state index in [1.54, 1.807) is 11.3 Å². The molecule has 2 aromatic carbocycles. The smallest absolute Gasteiger partial charge is 0.0972 e. The summed E-state index contributed by atoms with van der Waals surface area (Å²) < 4.78 is 0. The second-order valence-corrected chi connectivity index (χ2v) is 6.77. The molecule has 0 radical (unpaired) electrons. The summed E-state index contributed by atoms with van der Waals surface area (Å²) in [7, 11) is 0. The highest BCUT2D eigenvalue weighted by Gasteiger charge is 2.17. The van der Waals surface area contributed by atoms with Gasteiger partial charge in [0.25, 0.3) is 0 Å². The van der Waals surface area contributed by atoms with E-state index in [1.807, 2.05) is 20.0 Å². The van der Waals surface area contributed by atoms with Crippen molar-refractivity contribution in [2.45, 2.75) is 25.8 Å². The molecule has 0 amide bonds. The topological polar surface area (TPSA) is 38.9 Å². The van der Waals surface area contributed by atoms with Crippen LogP contribution < -0.4 is 5.73 Å². The molecule has 0 saturated carbocycles. The van der Waals surface area contributed by atoms with Gasteiger partial charge in [0.05, 0.1) is 5.01 Å². The Hall–Kier alpha value is -1.71. The lowest BCUT2D eigenvalue weighted by Crippen LogP contribution is -2.27. The number of hydrogen-bond donors (Lipinski definition) is 1. The van der Waals surface area contributed by atoms with E-state index in [0.717, 1.165) is 16.3 Å². The zero-order valence-electron chi connectivity index (χ0n) is 11.8. The van der Waals surface area contributed by atoms with Crippen LogP contribution in [0, 0.1) is 0 Å². The highest BCUT2D eigenvalue weighted by Crippen LogP contribution is 2.27. The summed E-state index contributed by atoms with van der Waals surface area (Å²) in [4.78, 5) is 5.66. The van der Waals surface area contributed by atoms with Gasteiger partial charge in [-0.3, -0.25) is 0 Å². The van der Waals surface area contributed by atoms with E-state index in [2.05, 4.69) is 47.4 Å². The molecular formula is C17H18N2S. The summed E-state index contributed by atoms with van der Waals surface area (Å²) in [5.41, 5.74) is 7.13. The van der Waals surface area contributed by atoms with Gasteiger partial charge in [0.15, 0.2) is 0 Å². The Bertz CT molecular complexity index is 733. The first kappa shape index (κ1) is 13.3. The van der Waals surface area contributed by atoms with Crippen molar-refractivity contribution in [2.75, 3.05) is 0 Å². The van der Waals surface area contributed by atoms with Gasteiger partial charge in [-0.15, -0.1) is 11.3 Å². The van der Waals surface area contributed by atoms with Crippen LogP contribution in [0.4, 0.5) is 0 Å². The Balaban J connectivity index is 1.96. The second kappa shape index (κ2) is 5.00. The third-order valence-electron chi connectivity index (χ3n) is 3.41. The average molecular weight is 282 g/mol. The Kier molecular flexibility index (Phi) is 3.32. The number of nitrogens with zero attached hydrogens (tertiary/aromatic N) is 1. The summed E-state index contributed by atoms with van der Waals surface area (Å²) in [5.74, 6) is 0. The lowest BCUT2D eigenvalue weighted by atomic mass is 10.0. The van der Waals surface area contributed by atoms with Crippen molar-refractivity contribution in [1.82, 2.24) is 4.98 Å². The number of benzene rings is 2. The molecule has 1 heterocycles. The molecule has 3 rings (SSSR count). The van der Waals surface area contributed by atoms with E-state index in [4.69, 9.17) is 5.73 Å². The molecule has 0 aliphatic carbocycles. The van der Waals surface area contributed by atoms with Gasteiger partial charge in [-0.1, -0.05) is 42.5 Å². The van der Waals surface area contributed by atoms with Crippen LogP contribution in [0.1, 0.15) is 29.3 Å². The van der Waals surface area contributed by atoms with Crippen molar-refractivity contribution in [3.8, 4) is 0 Å². The van der Waals surface area contributed by atoms with Gasteiger partial charge in [-0.25, -0.2) is 4.98 Å². The van der Waals surface area contributed by atoms with E-state index < -0.39 is 0 Å². The summed E-state index contributed by atoms with van der Waals surface area (Å²) in [6.45, 7) is 4.03. The van der Waals surface area contributed by atoms with Crippen molar-refractivity contribution in [3.05, 3.63) is 64.1 Å². The van der Waals surface area contributed by atoms with Crippen LogP contribution in [0.5, 0.6) is 0 Å². The van der Waals surface area contributed by atoms with Gasteiger partial charge < -0.3 is 5.73 Å². The monoisotopic (exact) mass is 282 g/mol. The third kappa shape index (κ3) is 2.60. The van der Waals surface area contributed by atoms with E-state index in [1.165, 1.54) is 16.3 Å². The minimum Gasteiger partial charge on any atom is -0.321 e. The molecule has 0 saturated heterocycles. The largest absolute Gasteiger partial charge is 0.321 e. The molecular weight excluding hydrogens is 264 g/mol. The fourth-order valence-corrected chi connectivity index (χ4v) is 3.25. The van der Waals surface area contributed by atoms with Gasteiger partial charge in [-0.05, 0) is 30.2 Å². The van der Waals surface area contributed by atoms with Crippen LogP contribution in [-0.4, -0.2) is 4.98 Å². The van der Waals surface area contributed by atoms with Crippen molar-refractivity contribution >= 4 is 22.1 Å². The highest BCUT2D eigenvalue weighted by atomic mass is 32.1. The Morgan fingerprint density at radius 1 is 1.10 bits per heavy atom. The molecule has 0 aliphatic heterocycles. The summed E-state index contributed by atoms with van der Waals surface area (Å²) >= 11 is 1.71. The van der Waals surface area contributed by atoms with Crippen molar-refractivity contribution in [2.24, 2.45) is 5.73 Å². The normalized spacial score (nSPS) is 11.9. The van der Waals surface area contributed by atoms with Gasteiger partial charge in [0, 0.05) is 23.0 Å². The number of hydrogen-bond acceptors (Lipinski definition) is 3. The van der Waals surface area contributed by atoms with Crippen LogP contribution in [0.15, 0.2) is 48.7 Å². The van der Waals surface area contributed by atoms with E-state index >= 15 is 0 Å². The third-order valence-corrected chi connectivity index (χ3v) is 4.75. The van der Waals surface area contributed by atoms with Gasteiger partial charge in [0.2, 0.25) is 0 Å². The van der Waals surface area contributed by atoms with E-state index in [0.29, 0.717) is 0 Å². The molecule has 0 bridgehead atoms. The number of rotatable bonds is 3. The van der Waals surface area contributed by atoms with Crippen LogP contribution in [0.2, 0.25) is 0 Å². The van der Waals surface area contributed by atoms with Crippen molar-refractivity contribution in [3.63, 3.8) is 0 Å². The SMILES string of the molecule is CC(C)(N)c1cnc(Cc2cccc3ccccc23)s1. The van der Waals surface area contributed by atoms with E-state index in [-0.39, 0.29) is 5.54 Å². The van der Waals surface area contributed by atoms with Gasteiger partial charge >= 0.3 is 0 Å². The molecule has 0 fully saturated rings. The number of fused-ring (bicyclic) bond motifs is 1. The minimum atomic E-state index is -0.311. The maximum atomic E-state index is 6.12. The van der Waals surface area contributed by atoms with Crippen LogP contribution in [0.25, 0.3) is 10.8 Å². The van der Waals surface area contributed by atoms with Crippen molar-refractivity contribution in [1.29, 1.82) is 0 Å². The maximum absolute atomic E-state index is 6.12. The standard InChI is InChI=1S/C17H18N2S/c1-17(2,18)15-11-19-16(20-15)10-13-8-5-7-12-6-3-4-9-14(12)13/h3-9,11H,10,18H2,1-2H3. The fourth-order valence-electron chi connectivity index (χ4n) is 2.30. The lowest BCUT2D eigenvalue weighted by molar-refractivity contribution is 0.566. The highest BCUT2D eigenvalue weighted by molar-refractivity contribution is 7.11. The number of nitrogens with two attached hydrogens (primary N) is 1. The molecule has 1 aromatic heterocycles. The predicted octanol–water partition coefficient (Wildman–Crippen LogP) is 4.08. The molecule has 2 N–H and O–H groups in total. The molecule has 2 nitrogen and oxygen atoms in total. The molecule has 20 heavy (non-hydrogen) atoms. The Morgan fingerprint density at radius 2 is 1.85 bits per heavy atom. The van der Waals surface area contributed by atoms with Gasteiger partial charge in [0.1, 0.15) is 0 Å². The molecule has 3 heteroatoms. The zero-order chi connectivity index (χ0) is 14.2. The van der Waals surface area contributed by atoms with Crippen LogP contribution in [0.3, 0.4) is 0 Å². The minimum absolute atomic E-state index is 0.311. The van der Waals surface area contributed by atoms with Crippen LogP contribution in [-0.2, 0) is 12.0 Å². The summed E-state index contributed by atoms with van der Waals surface area (Å²) in [5, 5.41) is 3.70. The van der Waals surface area contributed by atoms with Gasteiger partial charge in [-0.2, -0.15) is 0 Å². The number of aromatic nitrogens is 1. The zero-order valence-corrected chi connectivity index (χ0v) is 12.6. The second-order valence-electron chi connectivity index (χ2n) is 5.65. The predicted molar refractivity (Wildman–Crippen MR) is 86.1 cm³/mol. The first-order chi connectivity index (χ1) is 9.54. The maximum Gasteiger partial charge on any atom is 0.0972 e. The summed E-state index contributed by atoms with van der Waals surface area (Å²) in [6.07, 6.45) is 2.77. The first-order valence-corrected chi connectivity index (χ1v) is 7.56. The lowest BCUT2D eigenvalue weighted by Gasteiger charge is -2.14. The molecule has 0 atom stereocenters. The first-order valence-electron chi connectivity index (χ1n) is 6.75. The van der Waals surface area contributed by atoms with Crippen molar-refractivity contribution < 1.29 is 0 Å². The Labute approximate surface area is 123 Å². The van der Waals surface area contributed by atoms with Crippen LogP contribution >= 0.6 is 11.3 Å². The number of thiazole rings is 1. The molecule has 0 unspecified atom stereocenters. The molecule has 0 aliphatic rings. The molecule has 3 aromatic rings. The Morgan fingerprint density at radius 3 is 2.60 bits per heavy atom. The quantitative estimate of drug-likeness (QED) is 0.786. The van der Waals surface area contributed by atoms with E-state index in [9.17, 15) is 0 Å². The molecule has 102 valence electrons. The summed E-state index contributed by atoms with van der Waals surface area (Å²) in [6, 6.07) is 14.9.